The summed E-state index contributed by atoms with van der Waals surface area (Å²) in [5, 5.41) is 8.55. The summed E-state index contributed by atoms with van der Waals surface area (Å²) in [6, 6.07) is 6.67. The molecule has 0 saturated carbocycles. The average Bonchev–Trinajstić information content (AvgIpc) is 2.12. The van der Waals surface area contributed by atoms with Crippen molar-refractivity contribution in [1.82, 2.24) is 4.90 Å². The minimum atomic E-state index is -0.422. The van der Waals surface area contributed by atoms with Crippen molar-refractivity contribution in [3.8, 4) is 6.07 Å². The molecule has 0 fully saturated rings. The molecule has 0 heterocycles. The number of hydrogen-bond donors (Lipinski definition) is 0. The van der Waals surface area contributed by atoms with E-state index in [1.165, 1.54) is 12.1 Å². The largest absolute Gasteiger partial charge is 0.289 e. The fourth-order valence-corrected chi connectivity index (χ4v) is 1.24. The second kappa shape index (κ2) is 4.94. The molecule has 0 amide bonds. The van der Waals surface area contributed by atoms with Crippen LogP contribution < -0.4 is 0 Å². The van der Waals surface area contributed by atoms with Gasteiger partial charge in [-0.05, 0) is 24.7 Å². The number of hydrogen-bond acceptors (Lipinski definition) is 2. The van der Waals surface area contributed by atoms with Crippen LogP contribution in [0.2, 0.25) is 5.02 Å². The molecule has 0 bridgehead atoms. The monoisotopic (exact) mass is 212 g/mol. The van der Waals surface area contributed by atoms with Gasteiger partial charge in [0.2, 0.25) is 0 Å². The smallest absolute Gasteiger partial charge is 0.142 e. The maximum Gasteiger partial charge on any atom is 0.142 e. The minimum absolute atomic E-state index is 0.122. The molecule has 4 heteroatoms. The van der Waals surface area contributed by atoms with Crippen LogP contribution in [-0.2, 0) is 6.54 Å². The molecule has 74 valence electrons. The van der Waals surface area contributed by atoms with E-state index in [4.69, 9.17) is 16.9 Å². The topological polar surface area (TPSA) is 27.0 Å². The van der Waals surface area contributed by atoms with Crippen LogP contribution in [0, 0.1) is 17.1 Å². The zero-order valence-corrected chi connectivity index (χ0v) is 8.55. The summed E-state index contributed by atoms with van der Waals surface area (Å²) < 4.78 is 13.0. The predicted molar refractivity (Wildman–Crippen MR) is 53.4 cm³/mol. The first-order chi connectivity index (χ1) is 6.63. The standard InChI is InChI=1S/C10H10ClFN2/c1-14(5-4-13)7-8-2-3-9(11)10(12)6-8/h2-3,6H,5,7H2,1H3. The van der Waals surface area contributed by atoms with Crippen LogP contribution in [0.5, 0.6) is 0 Å². The van der Waals surface area contributed by atoms with Gasteiger partial charge in [-0.25, -0.2) is 4.39 Å². The van der Waals surface area contributed by atoms with Crippen LogP contribution in [0.25, 0.3) is 0 Å². The van der Waals surface area contributed by atoms with Gasteiger partial charge in [0, 0.05) is 6.54 Å². The van der Waals surface area contributed by atoms with Gasteiger partial charge in [0.05, 0.1) is 17.6 Å². The van der Waals surface area contributed by atoms with Crippen molar-refractivity contribution in [2.75, 3.05) is 13.6 Å². The van der Waals surface area contributed by atoms with Crippen molar-refractivity contribution in [2.24, 2.45) is 0 Å². The quantitative estimate of drug-likeness (QED) is 0.720. The highest BCUT2D eigenvalue weighted by Gasteiger charge is 2.03. The van der Waals surface area contributed by atoms with Gasteiger partial charge in [-0.1, -0.05) is 17.7 Å². The van der Waals surface area contributed by atoms with Crippen molar-refractivity contribution in [2.45, 2.75) is 6.54 Å². The predicted octanol–water partition coefficient (Wildman–Crippen LogP) is 2.43. The molecule has 0 aliphatic rings. The Hall–Kier alpha value is -1.11. The summed E-state index contributed by atoms with van der Waals surface area (Å²) in [5.74, 6) is -0.422. The Balaban J connectivity index is 2.69. The summed E-state index contributed by atoms with van der Waals surface area (Å²) in [7, 11) is 1.80. The number of benzene rings is 1. The van der Waals surface area contributed by atoms with Crippen LogP contribution in [0.4, 0.5) is 4.39 Å². The van der Waals surface area contributed by atoms with Crippen LogP contribution >= 0.6 is 11.6 Å². The summed E-state index contributed by atoms with van der Waals surface area (Å²) in [4.78, 5) is 1.79. The molecule has 1 rings (SSSR count). The van der Waals surface area contributed by atoms with Crippen LogP contribution in [0.15, 0.2) is 18.2 Å². The molecule has 1 aromatic rings. The number of nitrogens with zero attached hydrogens (tertiary/aromatic N) is 2. The second-order valence-corrected chi connectivity index (χ2v) is 3.49. The highest BCUT2D eigenvalue weighted by Crippen LogP contribution is 2.16. The van der Waals surface area contributed by atoms with Crippen molar-refractivity contribution in [3.05, 3.63) is 34.6 Å². The molecule has 1 aromatic carbocycles. The SMILES string of the molecule is CN(CC#N)Cc1ccc(Cl)c(F)c1. The van der Waals surface area contributed by atoms with E-state index in [0.29, 0.717) is 13.1 Å². The maximum atomic E-state index is 13.0. The first-order valence-corrected chi connectivity index (χ1v) is 4.50. The van der Waals surface area contributed by atoms with Gasteiger partial charge in [0.25, 0.3) is 0 Å². The van der Waals surface area contributed by atoms with E-state index in [0.717, 1.165) is 5.56 Å². The lowest BCUT2D eigenvalue weighted by molar-refractivity contribution is 0.366. The summed E-state index contributed by atoms with van der Waals surface area (Å²) in [5.41, 5.74) is 0.810. The second-order valence-electron chi connectivity index (χ2n) is 3.08. The molecule has 2 nitrogen and oxygen atoms in total. The number of nitriles is 1. The van der Waals surface area contributed by atoms with Gasteiger partial charge in [0.15, 0.2) is 0 Å². The minimum Gasteiger partial charge on any atom is -0.289 e. The molecule has 0 saturated heterocycles. The van der Waals surface area contributed by atoms with Crippen LogP contribution in [0.3, 0.4) is 0 Å². The lowest BCUT2D eigenvalue weighted by Gasteiger charge is -2.12. The Morgan fingerprint density at radius 1 is 1.57 bits per heavy atom. The van der Waals surface area contributed by atoms with Crippen LogP contribution in [0.1, 0.15) is 5.56 Å². The highest BCUT2D eigenvalue weighted by atomic mass is 35.5. The maximum absolute atomic E-state index is 13.0. The number of rotatable bonds is 3. The Bertz CT molecular complexity index is 360. The molecule has 0 radical (unpaired) electrons. The molecule has 14 heavy (non-hydrogen) atoms. The van der Waals surface area contributed by atoms with Crippen molar-refractivity contribution in [1.29, 1.82) is 5.26 Å². The van der Waals surface area contributed by atoms with E-state index in [9.17, 15) is 4.39 Å². The molecular weight excluding hydrogens is 203 g/mol. The fourth-order valence-electron chi connectivity index (χ4n) is 1.13. The van der Waals surface area contributed by atoms with E-state index < -0.39 is 5.82 Å². The molecule has 0 aliphatic heterocycles. The van der Waals surface area contributed by atoms with E-state index in [1.807, 2.05) is 6.07 Å². The lowest BCUT2D eigenvalue weighted by Crippen LogP contribution is -2.17. The van der Waals surface area contributed by atoms with E-state index in [2.05, 4.69) is 0 Å². The molecule has 0 aromatic heterocycles. The molecule has 0 spiro atoms. The first kappa shape index (κ1) is 11.0. The van der Waals surface area contributed by atoms with E-state index in [1.54, 1.807) is 18.0 Å². The van der Waals surface area contributed by atoms with E-state index in [-0.39, 0.29) is 5.02 Å². The van der Waals surface area contributed by atoms with Gasteiger partial charge in [-0.15, -0.1) is 0 Å². The summed E-state index contributed by atoms with van der Waals surface area (Å²) in [6.07, 6.45) is 0. The molecule has 0 aliphatic carbocycles. The van der Waals surface area contributed by atoms with Crippen LogP contribution in [-0.4, -0.2) is 18.5 Å². The average molecular weight is 213 g/mol. The molecular formula is C10H10ClFN2. The van der Waals surface area contributed by atoms with Crippen molar-refractivity contribution >= 4 is 11.6 Å². The van der Waals surface area contributed by atoms with Gasteiger partial charge in [0.1, 0.15) is 5.82 Å². The first-order valence-electron chi connectivity index (χ1n) is 4.13. The Morgan fingerprint density at radius 2 is 2.29 bits per heavy atom. The van der Waals surface area contributed by atoms with Gasteiger partial charge >= 0.3 is 0 Å². The Labute approximate surface area is 87.5 Å². The third-order valence-electron chi connectivity index (χ3n) is 1.78. The third kappa shape index (κ3) is 2.99. The van der Waals surface area contributed by atoms with E-state index >= 15 is 0 Å². The lowest BCUT2D eigenvalue weighted by atomic mass is 10.2. The molecule has 0 atom stereocenters. The van der Waals surface area contributed by atoms with Gasteiger partial charge < -0.3 is 0 Å². The van der Waals surface area contributed by atoms with Gasteiger partial charge in [-0.3, -0.25) is 4.90 Å². The zero-order valence-electron chi connectivity index (χ0n) is 7.80. The fraction of sp³-hybridized carbons (Fsp3) is 0.300. The third-order valence-corrected chi connectivity index (χ3v) is 2.08. The van der Waals surface area contributed by atoms with Crippen molar-refractivity contribution in [3.63, 3.8) is 0 Å². The normalized spacial score (nSPS) is 10.2. The Morgan fingerprint density at radius 3 is 2.86 bits per heavy atom. The van der Waals surface area contributed by atoms with Gasteiger partial charge in [-0.2, -0.15) is 5.26 Å². The molecule has 0 N–H and O–H groups in total. The summed E-state index contributed by atoms with van der Waals surface area (Å²) >= 11 is 5.54. The number of halogens is 2. The molecule has 0 unspecified atom stereocenters. The summed E-state index contributed by atoms with van der Waals surface area (Å²) in [6.45, 7) is 0.867. The Kier molecular flexibility index (Phi) is 3.87. The van der Waals surface area contributed by atoms with Crippen molar-refractivity contribution < 1.29 is 4.39 Å². The highest BCUT2D eigenvalue weighted by molar-refractivity contribution is 6.30. The zero-order chi connectivity index (χ0) is 10.6.